The van der Waals surface area contributed by atoms with Gasteiger partial charge >= 0.3 is 0 Å². The number of hydrogen-bond acceptors (Lipinski definition) is 1. The van der Waals surface area contributed by atoms with Crippen LogP contribution in [0.2, 0.25) is 0 Å². The van der Waals surface area contributed by atoms with Crippen molar-refractivity contribution in [2.24, 2.45) is 0 Å². The number of rotatable bonds is 2. The molecule has 1 aliphatic carbocycles. The van der Waals surface area contributed by atoms with E-state index in [0.29, 0.717) is 5.92 Å². The van der Waals surface area contributed by atoms with Crippen molar-refractivity contribution in [2.45, 2.75) is 51.0 Å². The molecule has 0 spiro atoms. The minimum absolute atomic E-state index is 0.532. The molecule has 1 saturated carbocycles. The molecule has 0 bridgehead atoms. The van der Waals surface area contributed by atoms with Gasteiger partial charge in [0.1, 0.15) is 0 Å². The van der Waals surface area contributed by atoms with Crippen molar-refractivity contribution in [1.82, 2.24) is 0 Å². The molecular formula is C14H20O. The molecule has 0 atom stereocenters. The maximum Gasteiger partial charge on any atom is 0.0896 e. The summed E-state index contributed by atoms with van der Waals surface area (Å²) in [6.45, 7) is 4.39. The van der Waals surface area contributed by atoms with E-state index in [-0.39, 0.29) is 0 Å². The second-order valence-electron chi connectivity index (χ2n) is 5.02. The summed E-state index contributed by atoms with van der Waals surface area (Å²) in [6, 6.07) is 8.49. The molecule has 1 N–H and O–H groups in total. The quantitative estimate of drug-likeness (QED) is 0.780. The van der Waals surface area contributed by atoms with Gasteiger partial charge in [-0.25, -0.2) is 0 Å². The third-order valence-corrected chi connectivity index (χ3v) is 3.55. The van der Waals surface area contributed by atoms with E-state index in [1.165, 1.54) is 5.56 Å². The van der Waals surface area contributed by atoms with E-state index in [1.807, 2.05) is 0 Å². The van der Waals surface area contributed by atoms with Gasteiger partial charge in [-0.2, -0.15) is 0 Å². The Morgan fingerprint density at radius 2 is 1.60 bits per heavy atom. The minimum Gasteiger partial charge on any atom is -0.385 e. The van der Waals surface area contributed by atoms with Crippen LogP contribution in [0.1, 0.15) is 56.6 Å². The van der Waals surface area contributed by atoms with Crippen molar-refractivity contribution in [2.75, 3.05) is 0 Å². The lowest BCUT2D eigenvalue weighted by Crippen LogP contribution is -2.20. The van der Waals surface area contributed by atoms with Gasteiger partial charge in [-0.3, -0.25) is 0 Å². The molecule has 15 heavy (non-hydrogen) atoms. The molecule has 0 aliphatic heterocycles. The van der Waals surface area contributed by atoms with Gasteiger partial charge in [-0.05, 0) is 29.9 Å². The van der Waals surface area contributed by atoms with Crippen LogP contribution in [0.25, 0.3) is 0 Å². The average Bonchev–Trinajstić information content (AvgIpc) is 2.67. The van der Waals surface area contributed by atoms with Crippen LogP contribution >= 0.6 is 0 Å². The maximum atomic E-state index is 10.4. The van der Waals surface area contributed by atoms with Crippen molar-refractivity contribution in [3.8, 4) is 0 Å². The topological polar surface area (TPSA) is 20.2 Å². The molecule has 0 aromatic heterocycles. The molecule has 1 nitrogen and oxygen atoms in total. The van der Waals surface area contributed by atoms with Crippen molar-refractivity contribution < 1.29 is 5.11 Å². The normalized spacial score (nSPS) is 19.7. The first-order valence-corrected chi connectivity index (χ1v) is 5.95. The summed E-state index contributed by atoms with van der Waals surface area (Å²) >= 11 is 0. The fraction of sp³-hybridized carbons (Fsp3) is 0.571. The first kappa shape index (κ1) is 10.7. The first-order valence-electron chi connectivity index (χ1n) is 5.95. The van der Waals surface area contributed by atoms with Gasteiger partial charge < -0.3 is 5.11 Å². The summed E-state index contributed by atoms with van der Waals surface area (Å²) < 4.78 is 0. The van der Waals surface area contributed by atoms with Crippen LogP contribution in [0, 0.1) is 0 Å². The van der Waals surface area contributed by atoms with Crippen LogP contribution in [-0.4, -0.2) is 5.11 Å². The molecule has 1 aromatic carbocycles. The Labute approximate surface area is 92.1 Å². The molecule has 82 valence electrons. The van der Waals surface area contributed by atoms with E-state index in [4.69, 9.17) is 0 Å². The predicted molar refractivity (Wildman–Crippen MR) is 62.9 cm³/mol. The Bertz CT molecular complexity index is 318. The highest BCUT2D eigenvalue weighted by Crippen LogP contribution is 2.38. The standard InChI is InChI=1S/C14H20O/c1-11(2)12-5-7-13(8-6-12)14(15)9-3-4-10-14/h5-8,11,15H,3-4,9-10H2,1-2H3. The zero-order valence-electron chi connectivity index (χ0n) is 9.66. The third kappa shape index (κ3) is 2.07. The zero-order chi connectivity index (χ0) is 10.9. The van der Waals surface area contributed by atoms with Crippen LogP contribution in [0.15, 0.2) is 24.3 Å². The Morgan fingerprint density at radius 1 is 1.07 bits per heavy atom. The van der Waals surface area contributed by atoms with Gasteiger partial charge in [0.05, 0.1) is 5.60 Å². The molecule has 0 heterocycles. The van der Waals surface area contributed by atoms with Crippen LogP contribution in [0.3, 0.4) is 0 Å². The largest absolute Gasteiger partial charge is 0.385 e. The highest BCUT2D eigenvalue weighted by atomic mass is 16.3. The maximum absolute atomic E-state index is 10.4. The van der Waals surface area contributed by atoms with Crippen LogP contribution in [0.4, 0.5) is 0 Å². The molecule has 1 heteroatoms. The smallest absolute Gasteiger partial charge is 0.0896 e. The highest BCUT2D eigenvalue weighted by molar-refractivity contribution is 5.29. The molecule has 0 unspecified atom stereocenters. The number of aliphatic hydroxyl groups is 1. The van der Waals surface area contributed by atoms with Crippen molar-refractivity contribution in [1.29, 1.82) is 0 Å². The summed E-state index contributed by atoms with van der Waals surface area (Å²) in [4.78, 5) is 0. The number of benzene rings is 1. The van der Waals surface area contributed by atoms with Gasteiger partial charge in [-0.1, -0.05) is 51.0 Å². The lowest BCUT2D eigenvalue weighted by Gasteiger charge is -2.23. The van der Waals surface area contributed by atoms with Crippen LogP contribution in [-0.2, 0) is 5.60 Å². The lowest BCUT2D eigenvalue weighted by molar-refractivity contribution is 0.0444. The second-order valence-corrected chi connectivity index (χ2v) is 5.02. The van der Waals surface area contributed by atoms with E-state index in [1.54, 1.807) is 0 Å². The van der Waals surface area contributed by atoms with Crippen molar-refractivity contribution in [3.63, 3.8) is 0 Å². The van der Waals surface area contributed by atoms with Crippen molar-refractivity contribution >= 4 is 0 Å². The monoisotopic (exact) mass is 204 g/mol. The predicted octanol–water partition coefficient (Wildman–Crippen LogP) is 3.57. The molecule has 0 amide bonds. The van der Waals surface area contributed by atoms with E-state index in [9.17, 15) is 5.11 Å². The highest BCUT2D eigenvalue weighted by Gasteiger charge is 2.32. The van der Waals surface area contributed by atoms with Crippen LogP contribution < -0.4 is 0 Å². The second kappa shape index (κ2) is 3.97. The fourth-order valence-electron chi connectivity index (χ4n) is 2.43. The fourth-order valence-corrected chi connectivity index (χ4v) is 2.43. The van der Waals surface area contributed by atoms with E-state index in [0.717, 1.165) is 31.2 Å². The SMILES string of the molecule is CC(C)c1ccc(C2(O)CCCC2)cc1. The van der Waals surface area contributed by atoms with E-state index < -0.39 is 5.60 Å². The Morgan fingerprint density at radius 3 is 2.07 bits per heavy atom. The molecular weight excluding hydrogens is 184 g/mol. The molecule has 2 rings (SSSR count). The first-order chi connectivity index (χ1) is 7.12. The third-order valence-electron chi connectivity index (χ3n) is 3.55. The van der Waals surface area contributed by atoms with Gasteiger partial charge in [0.2, 0.25) is 0 Å². The lowest BCUT2D eigenvalue weighted by atomic mass is 9.90. The molecule has 1 aromatic rings. The molecule has 1 fully saturated rings. The molecule has 0 radical (unpaired) electrons. The zero-order valence-corrected chi connectivity index (χ0v) is 9.66. The summed E-state index contributed by atoms with van der Waals surface area (Å²) in [5.74, 6) is 0.567. The molecule has 0 saturated heterocycles. The minimum atomic E-state index is -0.532. The Kier molecular flexibility index (Phi) is 2.83. The van der Waals surface area contributed by atoms with Crippen LogP contribution in [0.5, 0.6) is 0 Å². The van der Waals surface area contributed by atoms with Gasteiger partial charge in [0, 0.05) is 0 Å². The number of hydrogen-bond donors (Lipinski definition) is 1. The Hall–Kier alpha value is -0.820. The summed E-state index contributed by atoms with van der Waals surface area (Å²) in [5, 5.41) is 10.4. The summed E-state index contributed by atoms with van der Waals surface area (Å²) in [5.41, 5.74) is 1.92. The summed E-state index contributed by atoms with van der Waals surface area (Å²) in [6.07, 6.45) is 4.16. The summed E-state index contributed by atoms with van der Waals surface area (Å²) in [7, 11) is 0. The Balaban J connectivity index is 2.23. The van der Waals surface area contributed by atoms with Gasteiger partial charge in [-0.15, -0.1) is 0 Å². The van der Waals surface area contributed by atoms with Crippen molar-refractivity contribution in [3.05, 3.63) is 35.4 Å². The van der Waals surface area contributed by atoms with Gasteiger partial charge in [0.25, 0.3) is 0 Å². The molecule has 1 aliphatic rings. The van der Waals surface area contributed by atoms with Gasteiger partial charge in [0.15, 0.2) is 0 Å². The van der Waals surface area contributed by atoms with E-state index >= 15 is 0 Å². The van der Waals surface area contributed by atoms with E-state index in [2.05, 4.69) is 38.1 Å². The average molecular weight is 204 g/mol.